The molecular formula is C24H15Br2ClN4O. The van der Waals surface area contributed by atoms with E-state index in [4.69, 9.17) is 16.3 Å². The molecule has 0 bridgehead atoms. The Kier molecular flexibility index (Phi) is 4.86. The van der Waals surface area contributed by atoms with Crippen molar-refractivity contribution >= 4 is 55.1 Å². The molecule has 0 fully saturated rings. The van der Waals surface area contributed by atoms with Crippen molar-refractivity contribution in [3.05, 3.63) is 109 Å². The minimum Gasteiger partial charge on any atom is -0.480 e. The van der Waals surface area contributed by atoms with Gasteiger partial charge in [0.05, 0.1) is 5.70 Å². The predicted molar refractivity (Wildman–Crippen MR) is 132 cm³/mol. The Bertz CT molecular complexity index is 1370. The molecule has 2 unspecified atom stereocenters. The summed E-state index contributed by atoms with van der Waals surface area (Å²) in [6.07, 6.45) is 1.26. The van der Waals surface area contributed by atoms with Gasteiger partial charge in [0.1, 0.15) is 24.2 Å². The molecule has 0 saturated heterocycles. The second kappa shape index (κ2) is 7.76. The summed E-state index contributed by atoms with van der Waals surface area (Å²) < 4.78 is 10.6. The largest absolute Gasteiger partial charge is 0.480 e. The molecule has 2 aliphatic heterocycles. The van der Waals surface area contributed by atoms with E-state index in [1.165, 1.54) is 0 Å². The molecular weight excluding hydrogens is 556 g/mol. The number of hydrogen-bond donors (Lipinski definition) is 1. The number of rotatable bonds is 2. The van der Waals surface area contributed by atoms with E-state index in [0.29, 0.717) is 11.0 Å². The highest BCUT2D eigenvalue weighted by Gasteiger charge is 2.41. The van der Waals surface area contributed by atoms with Crippen molar-refractivity contribution in [2.24, 2.45) is 0 Å². The van der Waals surface area contributed by atoms with Crippen molar-refractivity contribution in [1.29, 1.82) is 0 Å². The number of aromatic nitrogens is 3. The average molecular weight is 571 g/mol. The maximum absolute atomic E-state index is 6.61. The van der Waals surface area contributed by atoms with E-state index in [1.807, 2.05) is 47.1 Å². The SMILES string of the molecule is Clc1ccc2c(c1)C1=C(C(c3ccc(Br)cc3)O2)C(c2ccc(Br)cc2)n2ncnc2N1. The van der Waals surface area contributed by atoms with Crippen LogP contribution >= 0.6 is 43.5 Å². The minimum absolute atomic E-state index is 0.197. The number of hydrogen-bond acceptors (Lipinski definition) is 4. The zero-order valence-electron chi connectivity index (χ0n) is 16.5. The monoisotopic (exact) mass is 568 g/mol. The third kappa shape index (κ3) is 3.27. The van der Waals surface area contributed by atoms with Gasteiger partial charge in [-0.15, -0.1) is 0 Å². The lowest BCUT2D eigenvalue weighted by Crippen LogP contribution is -2.32. The third-order valence-corrected chi connectivity index (χ3v) is 7.03. The fraction of sp³-hybridized carbons (Fsp3) is 0.0833. The van der Waals surface area contributed by atoms with Crippen LogP contribution in [0.5, 0.6) is 5.75 Å². The summed E-state index contributed by atoms with van der Waals surface area (Å²) in [5.41, 5.74) is 5.06. The van der Waals surface area contributed by atoms with Crippen molar-refractivity contribution in [2.45, 2.75) is 12.1 Å². The summed E-state index contributed by atoms with van der Waals surface area (Å²) in [5.74, 6) is 1.45. The van der Waals surface area contributed by atoms with Gasteiger partial charge < -0.3 is 10.1 Å². The van der Waals surface area contributed by atoms with Gasteiger partial charge in [0.15, 0.2) is 0 Å². The van der Waals surface area contributed by atoms with Crippen LogP contribution in [0.15, 0.2) is 87.6 Å². The molecule has 2 aliphatic rings. The maximum Gasteiger partial charge on any atom is 0.226 e. The van der Waals surface area contributed by atoms with Crippen LogP contribution in [-0.4, -0.2) is 14.8 Å². The van der Waals surface area contributed by atoms with Crippen LogP contribution in [0.25, 0.3) is 5.70 Å². The van der Waals surface area contributed by atoms with Crippen molar-refractivity contribution in [1.82, 2.24) is 14.8 Å². The maximum atomic E-state index is 6.61. The molecule has 0 saturated carbocycles. The molecule has 0 spiro atoms. The number of anilines is 1. The van der Waals surface area contributed by atoms with Gasteiger partial charge in [0.2, 0.25) is 5.95 Å². The van der Waals surface area contributed by atoms with E-state index < -0.39 is 0 Å². The molecule has 5 nitrogen and oxygen atoms in total. The van der Waals surface area contributed by atoms with Gasteiger partial charge in [-0.25, -0.2) is 4.68 Å². The van der Waals surface area contributed by atoms with Crippen molar-refractivity contribution in [3.8, 4) is 5.75 Å². The first-order valence-electron chi connectivity index (χ1n) is 9.96. The first-order chi connectivity index (χ1) is 15.6. The highest BCUT2D eigenvalue weighted by molar-refractivity contribution is 9.10. The van der Waals surface area contributed by atoms with Crippen LogP contribution < -0.4 is 10.1 Å². The molecule has 0 radical (unpaired) electrons. The Morgan fingerprint density at radius 2 is 1.59 bits per heavy atom. The van der Waals surface area contributed by atoms with Gasteiger partial charge in [-0.2, -0.15) is 10.1 Å². The molecule has 158 valence electrons. The average Bonchev–Trinajstić information content (AvgIpc) is 3.27. The van der Waals surface area contributed by atoms with Gasteiger partial charge in [-0.05, 0) is 53.6 Å². The van der Waals surface area contributed by atoms with Crippen molar-refractivity contribution in [3.63, 3.8) is 0 Å². The highest BCUT2D eigenvalue weighted by atomic mass is 79.9. The quantitative estimate of drug-likeness (QED) is 0.282. The second-order valence-electron chi connectivity index (χ2n) is 7.63. The fourth-order valence-electron chi connectivity index (χ4n) is 4.32. The molecule has 2 atom stereocenters. The van der Waals surface area contributed by atoms with Gasteiger partial charge in [0.25, 0.3) is 0 Å². The van der Waals surface area contributed by atoms with Gasteiger partial charge in [0, 0.05) is 25.1 Å². The number of ether oxygens (including phenoxy) is 1. The van der Waals surface area contributed by atoms with Gasteiger partial charge in [-0.1, -0.05) is 67.7 Å². The summed E-state index contributed by atoms with van der Waals surface area (Å²) in [4.78, 5) is 4.46. The van der Waals surface area contributed by atoms with E-state index in [1.54, 1.807) is 6.33 Å². The lowest BCUT2D eigenvalue weighted by atomic mass is 9.84. The first kappa shape index (κ1) is 20.0. The smallest absolute Gasteiger partial charge is 0.226 e. The number of benzene rings is 3. The van der Waals surface area contributed by atoms with Crippen LogP contribution in [-0.2, 0) is 0 Å². The van der Waals surface area contributed by atoms with Crippen LogP contribution in [0.2, 0.25) is 5.02 Å². The zero-order valence-corrected chi connectivity index (χ0v) is 20.4. The summed E-state index contributed by atoms with van der Waals surface area (Å²) >= 11 is 13.5. The Morgan fingerprint density at radius 1 is 0.906 bits per heavy atom. The lowest BCUT2D eigenvalue weighted by molar-refractivity contribution is 0.223. The fourth-order valence-corrected chi connectivity index (χ4v) is 5.02. The standard InChI is InChI=1S/C24H15Br2ClN4O/c25-15-5-1-13(2-6-15)22-20-21(30-24-28-12-29-31(22)24)18-11-17(27)9-10-19(18)32-23(20)14-3-7-16(26)8-4-14/h1-12,22-23H,(H,28,29,30). The highest BCUT2D eigenvalue weighted by Crippen LogP contribution is 2.51. The van der Waals surface area contributed by atoms with Crippen LogP contribution in [0, 0.1) is 0 Å². The van der Waals surface area contributed by atoms with Crippen LogP contribution in [0.3, 0.4) is 0 Å². The predicted octanol–water partition coefficient (Wildman–Crippen LogP) is 7.02. The second-order valence-corrected chi connectivity index (χ2v) is 9.90. The zero-order chi connectivity index (χ0) is 21.8. The molecule has 32 heavy (non-hydrogen) atoms. The summed E-state index contributed by atoms with van der Waals surface area (Å²) in [5, 5.41) is 8.70. The molecule has 3 aromatic carbocycles. The molecule has 0 aliphatic carbocycles. The number of nitrogens with zero attached hydrogens (tertiary/aromatic N) is 3. The Hall–Kier alpha value is -2.61. The van der Waals surface area contributed by atoms with E-state index in [2.05, 4.69) is 71.5 Å². The van der Waals surface area contributed by atoms with Gasteiger partial charge >= 0.3 is 0 Å². The molecule has 8 heteroatoms. The normalized spacial score (nSPS) is 18.8. The number of fused-ring (bicyclic) bond motifs is 3. The molecule has 1 aromatic heterocycles. The minimum atomic E-state index is -0.315. The van der Waals surface area contributed by atoms with Crippen LogP contribution in [0.4, 0.5) is 5.95 Å². The first-order valence-corrected chi connectivity index (χ1v) is 11.9. The molecule has 6 rings (SSSR count). The molecule has 0 amide bonds. The van der Waals surface area contributed by atoms with Gasteiger partial charge in [-0.3, -0.25) is 0 Å². The number of halogens is 3. The van der Waals surface area contributed by atoms with Crippen molar-refractivity contribution < 1.29 is 4.74 Å². The summed E-state index contributed by atoms with van der Waals surface area (Å²) in [7, 11) is 0. The van der Waals surface area contributed by atoms with E-state index in [-0.39, 0.29) is 12.1 Å². The van der Waals surface area contributed by atoms with E-state index in [9.17, 15) is 0 Å². The Labute approximate surface area is 206 Å². The Balaban J connectivity index is 1.63. The summed E-state index contributed by atoms with van der Waals surface area (Å²) in [6.45, 7) is 0. The third-order valence-electron chi connectivity index (χ3n) is 5.73. The summed E-state index contributed by atoms with van der Waals surface area (Å²) in [6, 6.07) is 22.0. The van der Waals surface area contributed by atoms with Crippen LogP contribution in [0.1, 0.15) is 28.8 Å². The molecule has 3 heterocycles. The Morgan fingerprint density at radius 3 is 2.31 bits per heavy atom. The molecule has 4 aromatic rings. The lowest BCUT2D eigenvalue weighted by Gasteiger charge is -2.39. The topological polar surface area (TPSA) is 52.0 Å². The molecule has 1 N–H and O–H groups in total. The number of nitrogens with one attached hydrogen (secondary N) is 1. The van der Waals surface area contributed by atoms with Crippen molar-refractivity contribution in [2.75, 3.05) is 5.32 Å². The van der Waals surface area contributed by atoms with E-state index >= 15 is 0 Å². The van der Waals surface area contributed by atoms with E-state index in [0.717, 1.165) is 42.7 Å².